The molecule has 0 fully saturated rings. The maximum atomic E-state index is 12.7. The molecule has 1 atom stereocenters. The van der Waals surface area contributed by atoms with E-state index in [0.29, 0.717) is 40.5 Å². The zero-order chi connectivity index (χ0) is 21.4. The molecule has 10 heteroatoms. The maximum Gasteiger partial charge on any atom is 0.237 e. The quantitative estimate of drug-likeness (QED) is 0.582. The number of benzene rings is 2. The Morgan fingerprint density at radius 1 is 1.03 bits per heavy atom. The summed E-state index contributed by atoms with van der Waals surface area (Å²) in [5, 5.41) is 11.9. The molecule has 1 N–H and O–H groups in total. The molecule has 0 aliphatic carbocycles. The minimum absolute atomic E-state index is 0.140. The van der Waals surface area contributed by atoms with Gasteiger partial charge in [-0.2, -0.15) is 0 Å². The molecule has 0 bridgehead atoms. The van der Waals surface area contributed by atoms with Gasteiger partial charge in [-0.05, 0) is 44.2 Å². The monoisotopic (exact) mass is 440 g/mol. The molecule has 0 saturated heterocycles. The Morgan fingerprint density at radius 2 is 1.71 bits per heavy atom. The van der Waals surface area contributed by atoms with Gasteiger partial charge in [0.1, 0.15) is 0 Å². The molecule has 2 aromatic carbocycles. The zero-order valence-corrected chi connectivity index (χ0v) is 17.8. The van der Waals surface area contributed by atoms with Gasteiger partial charge in [-0.3, -0.25) is 4.79 Å². The lowest BCUT2D eigenvalue weighted by Gasteiger charge is -2.13. The first-order valence-corrected chi connectivity index (χ1v) is 10.7. The van der Waals surface area contributed by atoms with E-state index in [1.807, 2.05) is 36.6 Å². The van der Waals surface area contributed by atoms with Crippen molar-refractivity contribution in [3.8, 4) is 34.4 Å². The van der Waals surface area contributed by atoms with Gasteiger partial charge in [-0.25, -0.2) is 0 Å². The second-order valence-electron chi connectivity index (χ2n) is 6.94. The number of fused-ring (bicyclic) bond motifs is 2. The molecular weight excluding hydrogens is 420 g/mol. The minimum atomic E-state index is -0.385. The highest BCUT2D eigenvalue weighted by atomic mass is 32.2. The molecule has 160 valence electrons. The third-order valence-corrected chi connectivity index (χ3v) is 6.04. The van der Waals surface area contributed by atoms with Crippen LogP contribution in [0.5, 0.6) is 23.0 Å². The zero-order valence-electron chi connectivity index (χ0n) is 17.0. The number of hydrogen-bond donors (Lipinski definition) is 1. The SMILES string of the molecule is CCn1c(S[C@H](C)C(=O)Nc2ccc3c(c2)OCO3)nnc1-c1ccc2c(c1)OCO2. The number of carbonyl (C=O) groups is 1. The first-order valence-electron chi connectivity index (χ1n) is 9.83. The summed E-state index contributed by atoms with van der Waals surface area (Å²) in [6.07, 6.45) is 0. The molecule has 2 aliphatic rings. The lowest BCUT2D eigenvalue weighted by Crippen LogP contribution is -2.22. The van der Waals surface area contributed by atoms with Gasteiger partial charge in [-0.1, -0.05) is 11.8 Å². The van der Waals surface area contributed by atoms with Crippen LogP contribution >= 0.6 is 11.8 Å². The molecule has 2 aliphatic heterocycles. The van der Waals surface area contributed by atoms with Crippen LogP contribution in [-0.2, 0) is 11.3 Å². The largest absolute Gasteiger partial charge is 0.454 e. The first kappa shape index (κ1) is 19.6. The van der Waals surface area contributed by atoms with Crippen molar-refractivity contribution in [1.82, 2.24) is 14.8 Å². The lowest BCUT2D eigenvalue weighted by atomic mass is 10.2. The van der Waals surface area contributed by atoms with Crippen LogP contribution in [0.1, 0.15) is 13.8 Å². The number of amides is 1. The molecule has 1 amide bonds. The molecule has 31 heavy (non-hydrogen) atoms. The van der Waals surface area contributed by atoms with E-state index in [1.165, 1.54) is 11.8 Å². The fourth-order valence-corrected chi connectivity index (χ4v) is 4.25. The second kappa shape index (κ2) is 8.03. The molecule has 0 saturated carbocycles. The Kier molecular flexibility index (Phi) is 5.06. The van der Waals surface area contributed by atoms with Gasteiger partial charge in [0.15, 0.2) is 34.0 Å². The van der Waals surface area contributed by atoms with Crippen molar-refractivity contribution >= 4 is 23.4 Å². The van der Waals surface area contributed by atoms with Crippen molar-refractivity contribution in [3.63, 3.8) is 0 Å². The summed E-state index contributed by atoms with van der Waals surface area (Å²) < 4.78 is 23.5. The summed E-state index contributed by atoms with van der Waals surface area (Å²) in [5.74, 6) is 3.28. The summed E-state index contributed by atoms with van der Waals surface area (Å²) in [5.41, 5.74) is 1.53. The Hall–Kier alpha value is -3.40. The third kappa shape index (κ3) is 3.74. The fourth-order valence-electron chi connectivity index (χ4n) is 3.34. The van der Waals surface area contributed by atoms with Crippen LogP contribution < -0.4 is 24.3 Å². The van der Waals surface area contributed by atoms with E-state index in [2.05, 4.69) is 15.5 Å². The molecular formula is C21H20N4O5S. The number of ether oxygens (including phenoxy) is 4. The minimum Gasteiger partial charge on any atom is -0.454 e. The number of thioether (sulfide) groups is 1. The van der Waals surface area contributed by atoms with E-state index >= 15 is 0 Å². The molecule has 3 aromatic rings. The predicted octanol–water partition coefficient (Wildman–Crippen LogP) is 3.54. The highest BCUT2D eigenvalue weighted by Gasteiger charge is 2.23. The van der Waals surface area contributed by atoms with E-state index in [0.717, 1.165) is 11.3 Å². The fraction of sp³-hybridized carbons (Fsp3) is 0.286. The van der Waals surface area contributed by atoms with Gasteiger partial charge < -0.3 is 28.8 Å². The average Bonchev–Trinajstić information content (AvgIpc) is 3.51. The van der Waals surface area contributed by atoms with Crippen LogP contribution in [-0.4, -0.2) is 39.5 Å². The van der Waals surface area contributed by atoms with Crippen LogP contribution in [0.15, 0.2) is 41.6 Å². The van der Waals surface area contributed by atoms with Gasteiger partial charge >= 0.3 is 0 Å². The maximum absolute atomic E-state index is 12.7. The molecule has 0 unspecified atom stereocenters. The average molecular weight is 440 g/mol. The number of rotatable bonds is 6. The molecule has 3 heterocycles. The van der Waals surface area contributed by atoms with E-state index in [-0.39, 0.29) is 24.7 Å². The third-order valence-electron chi connectivity index (χ3n) is 4.96. The van der Waals surface area contributed by atoms with Gasteiger partial charge in [0.25, 0.3) is 0 Å². The Labute approximate surface area is 182 Å². The van der Waals surface area contributed by atoms with Crippen LogP contribution in [0.25, 0.3) is 11.4 Å². The second-order valence-corrected chi connectivity index (χ2v) is 8.24. The number of nitrogens with zero attached hydrogens (tertiary/aromatic N) is 3. The van der Waals surface area contributed by atoms with Gasteiger partial charge in [0.05, 0.1) is 5.25 Å². The van der Waals surface area contributed by atoms with Crippen LogP contribution in [0.4, 0.5) is 5.69 Å². The van der Waals surface area contributed by atoms with Crippen molar-refractivity contribution in [2.45, 2.75) is 30.8 Å². The molecule has 1 aromatic heterocycles. The summed E-state index contributed by atoms with van der Waals surface area (Å²) in [6, 6.07) is 11.0. The number of aromatic nitrogens is 3. The Morgan fingerprint density at radius 3 is 2.45 bits per heavy atom. The van der Waals surface area contributed by atoms with Crippen molar-refractivity contribution in [1.29, 1.82) is 0 Å². The lowest BCUT2D eigenvalue weighted by molar-refractivity contribution is -0.115. The van der Waals surface area contributed by atoms with Crippen molar-refractivity contribution in [3.05, 3.63) is 36.4 Å². The first-order chi connectivity index (χ1) is 15.1. The standard InChI is InChI=1S/C21H20N4O5S/c1-3-25-19(13-4-6-15-17(8-13)29-10-27-15)23-24-21(25)31-12(2)20(26)22-14-5-7-16-18(9-14)30-11-28-16/h4-9,12H,3,10-11H2,1-2H3,(H,22,26)/t12-/m1/s1. The smallest absolute Gasteiger partial charge is 0.237 e. The van der Waals surface area contributed by atoms with E-state index in [4.69, 9.17) is 18.9 Å². The number of carbonyl (C=O) groups excluding carboxylic acids is 1. The molecule has 5 rings (SSSR count). The molecule has 0 spiro atoms. The highest BCUT2D eigenvalue weighted by molar-refractivity contribution is 8.00. The van der Waals surface area contributed by atoms with E-state index in [1.54, 1.807) is 18.2 Å². The number of nitrogens with one attached hydrogen (secondary N) is 1. The van der Waals surface area contributed by atoms with Gasteiger partial charge in [-0.15, -0.1) is 10.2 Å². The summed E-state index contributed by atoms with van der Waals surface area (Å²) in [6.45, 7) is 4.92. The summed E-state index contributed by atoms with van der Waals surface area (Å²) in [7, 11) is 0. The van der Waals surface area contributed by atoms with Crippen LogP contribution in [0.2, 0.25) is 0 Å². The summed E-state index contributed by atoms with van der Waals surface area (Å²) >= 11 is 1.35. The number of anilines is 1. The predicted molar refractivity (Wildman–Crippen MR) is 114 cm³/mol. The van der Waals surface area contributed by atoms with Crippen molar-refractivity contribution in [2.24, 2.45) is 0 Å². The van der Waals surface area contributed by atoms with Crippen LogP contribution in [0, 0.1) is 0 Å². The van der Waals surface area contributed by atoms with E-state index in [9.17, 15) is 4.79 Å². The molecule has 9 nitrogen and oxygen atoms in total. The normalized spacial score (nSPS) is 14.5. The topological polar surface area (TPSA) is 96.7 Å². The number of hydrogen-bond acceptors (Lipinski definition) is 8. The molecule has 0 radical (unpaired) electrons. The summed E-state index contributed by atoms with van der Waals surface area (Å²) in [4.78, 5) is 12.7. The Bertz CT molecular complexity index is 1150. The van der Waals surface area contributed by atoms with Crippen LogP contribution in [0.3, 0.4) is 0 Å². The highest BCUT2D eigenvalue weighted by Crippen LogP contribution is 2.37. The van der Waals surface area contributed by atoms with Gasteiger partial charge in [0.2, 0.25) is 19.5 Å². The Balaban J connectivity index is 1.31. The van der Waals surface area contributed by atoms with Gasteiger partial charge in [0, 0.05) is 23.9 Å². The van der Waals surface area contributed by atoms with E-state index < -0.39 is 0 Å². The van der Waals surface area contributed by atoms with Crippen molar-refractivity contribution < 1.29 is 23.7 Å². The van der Waals surface area contributed by atoms with Crippen molar-refractivity contribution in [2.75, 3.05) is 18.9 Å².